The minimum absolute atomic E-state index is 0.0532. The average molecular weight is 380 g/mol. The van der Waals surface area contributed by atoms with Gasteiger partial charge in [0, 0.05) is 11.8 Å². The van der Waals surface area contributed by atoms with Crippen LogP contribution in [0.2, 0.25) is 0 Å². The fraction of sp³-hybridized carbons (Fsp3) is 0.810. The van der Waals surface area contributed by atoms with Gasteiger partial charge in [-0.3, -0.25) is 9.59 Å². The number of rotatable bonds is 2. The van der Waals surface area contributed by atoms with Crippen LogP contribution in [0.15, 0.2) is 11.6 Å². The molecule has 0 radical (unpaired) electrons. The molecule has 8 atom stereocenters. The first kappa shape index (κ1) is 19.2. The van der Waals surface area contributed by atoms with E-state index in [2.05, 4.69) is 0 Å². The molecule has 0 aliphatic heterocycles. The van der Waals surface area contributed by atoms with Gasteiger partial charge in [-0.15, -0.1) is 0 Å². The molecule has 27 heavy (non-hydrogen) atoms. The van der Waals surface area contributed by atoms with Gasteiger partial charge in [-0.25, -0.2) is 4.39 Å². The van der Waals surface area contributed by atoms with Crippen molar-refractivity contribution in [3.05, 3.63) is 11.6 Å². The van der Waals surface area contributed by atoms with Gasteiger partial charge in [0.2, 0.25) is 0 Å². The molecule has 5 nitrogen and oxygen atoms in total. The van der Waals surface area contributed by atoms with E-state index >= 15 is 4.39 Å². The average Bonchev–Trinajstić information content (AvgIpc) is 2.87. The van der Waals surface area contributed by atoms with Crippen molar-refractivity contribution in [3.8, 4) is 0 Å². The zero-order valence-corrected chi connectivity index (χ0v) is 15.9. The molecule has 0 amide bonds. The number of Topliss-reactive ketones (excluding diaryl/α,β-unsaturated/α-hetero) is 1. The highest BCUT2D eigenvalue weighted by atomic mass is 19.1. The molecule has 4 rings (SSSR count). The molecule has 1 unspecified atom stereocenters. The molecule has 0 saturated heterocycles. The van der Waals surface area contributed by atoms with Crippen LogP contribution in [0.25, 0.3) is 0 Å². The fourth-order valence-electron chi connectivity index (χ4n) is 7.29. The summed E-state index contributed by atoms with van der Waals surface area (Å²) in [5.41, 5.74) is -2.61. The highest BCUT2D eigenvalue weighted by Gasteiger charge is 2.69. The zero-order valence-electron chi connectivity index (χ0n) is 15.9. The summed E-state index contributed by atoms with van der Waals surface area (Å²) in [6.07, 6.45) is 1.57. The summed E-state index contributed by atoms with van der Waals surface area (Å²) < 4.78 is 15.2. The second-order valence-corrected chi connectivity index (χ2v) is 9.65. The topological polar surface area (TPSA) is 94.8 Å². The van der Waals surface area contributed by atoms with Crippen LogP contribution in [-0.2, 0) is 9.59 Å². The maximum atomic E-state index is 15.2. The number of hydrogen-bond donors (Lipinski definition) is 3. The molecule has 3 fully saturated rings. The minimum Gasteiger partial charge on any atom is -0.393 e. The first-order valence-corrected chi connectivity index (χ1v) is 10.0. The lowest BCUT2D eigenvalue weighted by atomic mass is 9.45. The highest BCUT2D eigenvalue weighted by Crippen LogP contribution is 2.67. The van der Waals surface area contributed by atoms with Gasteiger partial charge < -0.3 is 15.3 Å². The molecule has 0 aromatic carbocycles. The van der Waals surface area contributed by atoms with Crippen molar-refractivity contribution in [2.24, 2.45) is 28.6 Å². The lowest BCUT2D eigenvalue weighted by molar-refractivity contribution is -0.185. The monoisotopic (exact) mass is 380 g/mol. The number of allylic oxidation sites excluding steroid dienone is 1. The van der Waals surface area contributed by atoms with Gasteiger partial charge in [0.05, 0.1) is 6.10 Å². The van der Waals surface area contributed by atoms with Crippen molar-refractivity contribution in [1.29, 1.82) is 0 Å². The number of carbonyl (C=O) groups is 2. The Bertz CT molecular complexity index is 719. The Labute approximate surface area is 158 Å². The second kappa shape index (κ2) is 5.94. The molecule has 3 saturated carbocycles. The zero-order chi connectivity index (χ0) is 19.8. The number of hydrogen-bond acceptors (Lipinski definition) is 5. The lowest BCUT2D eigenvalue weighted by Gasteiger charge is -2.61. The van der Waals surface area contributed by atoms with Crippen LogP contribution in [0.4, 0.5) is 4.39 Å². The van der Waals surface area contributed by atoms with E-state index in [9.17, 15) is 24.9 Å². The summed E-state index contributed by atoms with van der Waals surface area (Å²) in [5.74, 6) is -1.11. The van der Waals surface area contributed by atoms with Crippen molar-refractivity contribution >= 4 is 11.6 Å². The van der Waals surface area contributed by atoms with E-state index in [1.54, 1.807) is 0 Å². The van der Waals surface area contributed by atoms with Crippen LogP contribution < -0.4 is 0 Å². The van der Waals surface area contributed by atoms with Crippen molar-refractivity contribution in [3.63, 3.8) is 0 Å². The fourth-order valence-corrected chi connectivity index (χ4v) is 7.29. The van der Waals surface area contributed by atoms with Crippen molar-refractivity contribution in [2.45, 2.75) is 70.2 Å². The van der Waals surface area contributed by atoms with Gasteiger partial charge in [-0.2, -0.15) is 0 Å². The molecule has 0 heterocycles. The first-order chi connectivity index (χ1) is 12.6. The SMILES string of the molecule is C[C@]12CCC(=O)C=C1[C@@H](F)C[C@@H]1C2[C@@H](O)C[C@@]2(C)[C@H]1CC[C@]2(O)C(=O)CO. The Hall–Kier alpha value is -1.11. The van der Waals surface area contributed by atoms with Crippen molar-refractivity contribution in [1.82, 2.24) is 0 Å². The predicted molar refractivity (Wildman–Crippen MR) is 95.4 cm³/mol. The van der Waals surface area contributed by atoms with Gasteiger partial charge in [0.15, 0.2) is 11.6 Å². The van der Waals surface area contributed by atoms with Gasteiger partial charge in [-0.05, 0) is 66.9 Å². The van der Waals surface area contributed by atoms with Gasteiger partial charge in [0.25, 0.3) is 0 Å². The molecule has 0 bridgehead atoms. The quantitative estimate of drug-likeness (QED) is 0.678. The maximum Gasteiger partial charge on any atom is 0.190 e. The number of aliphatic hydroxyl groups is 3. The van der Waals surface area contributed by atoms with E-state index in [4.69, 9.17) is 0 Å². The van der Waals surface area contributed by atoms with Gasteiger partial charge >= 0.3 is 0 Å². The van der Waals surface area contributed by atoms with Gasteiger partial charge in [-0.1, -0.05) is 13.8 Å². The molecular formula is C21H29FO5. The normalized spacial score (nSPS) is 51.9. The summed E-state index contributed by atoms with van der Waals surface area (Å²) in [4.78, 5) is 24.2. The number of aliphatic hydroxyl groups excluding tert-OH is 2. The minimum atomic E-state index is -1.68. The van der Waals surface area contributed by atoms with Crippen LogP contribution >= 0.6 is 0 Å². The largest absolute Gasteiger partial charge is 0.393 e. The Balaban J connectivity index is 1.77. The van der Waals surface area contributed by atoms with Crippen LogP contribution in [0, 0.1) is 28.6 Å². The smallest absolute Gasteiger partial charge is 0.190 e. The molecule has 6 heteroatoms. The summed E-state index contributed by atoms with van der Waals surface area (Å²) in [5, 5.41) is 31.6. The maximum absolute atomic E-state index is 15.2. The summed E-state index contributed by atoms with van der Waals surface area (Å²) in [6.45, 7) is 3.03. The Morgan fingerprint density at radius 2 is 2.04 bits per heavy atom. The van der Waals surface area contributed by atoms with Crippen molar-refractivity contribution in [2.75, 3.05) is 6.61 Å². The standard InChI is InChI=1S/C21H29FO5/c1-19-5-3-11(24)7-14(19)15(22)8-12-13-4-6-21(27,17(26)10-23)20(13,2)9-16(25)18(12)19/h7,12-13,15-16,18,23,25,27H,3-6,8-10H2,1-2H3/t12-,13-,15-,16-,18?,19-,20-,21-/m0/s1. The molecular weight excluding hydrogens is 351 g/mol. The molecule has 0 aromatic heterocycles. The third kappa shape index (κ3) is 2.33. The molecule has 3 N–H and O–H groups in total. The number of carbonyl (C=O) groups excluding carboxylic acids is 2. The van der Waals surface area contributed by atoms with Crippen LogP contribution in [0.5, 0.6) is 0 Å². The number of alkyl halides is 1. The van der Waals surface area contributed by atoms with Crippen LogP contribution in [0.3, 0.4) is 0 Å². The lowest BCUT2D eigenvalue weighted by Crippen LogP contribution is -2.63. The van der Waals surface area contributed by atoms with Crippen LogP contribution in [-0.4, -0.2) is 51.4 Å². The van der Waals surface area contributed by atoms with Crippen LogP contribution in [0.1, 0.15) is 52.4 Å². The molecule has 150 valence electrons. The predicted octanol–water partition coefficient (Wildman–Crippen LogP) is 1.73. The number of ketones is 2. The summed E-state index contributed by atoms with van der Waals surface area (Å²) in [7, 11) is 0. The van der Waals surface area contributed by atoms with Crippen molar-refractivity contribution < 1.29 is 29.3 Å². The van der Waals surface area contributed by atoms with E-state index in [0.29, 0.717) is 24.8 Å². The number of halogens is 1. The number of fused-ring (bicyclic) bond motifs is 5. The third-order valence-electron chi connectivity index (χ3n) is 8.63. The molecule has 4 aliphatic carbocycles. The van der Waals surface area contributed by atoms with E-state index in [1.165, 1.54) is 6.08 Å². The highest BCUT2D eigenvalue weighted by molar-refractivity contribution is 5.92. The van der Waals surface area contributed by atoms with Gasteiger partial charge in [0.1, 0.15) is 18.4 Å². The molecule has 4 aliphatic rings. The summed E-state index contributed by atoms with van der Waals surface area (Å²) >= 11 is 0. The van der Waals surface area contributed by atoms with E-state index in [1.807, 2.05) is 13.8 Å². The Morgan fingerprint density at radius 3 is 2.70 bits per heavy atom. The molecule has 0 spiro atoms. The van der Waals surface area contributed by atoms with E-state index in [-0.39, 0.29) is 42.8 Å². The first-order valence-electron chi connectivity index (χ1n) is 10.0. The Kier molecular flexibility index (Phi) is 4.23. The Morgan fingerprint density at radius 1 is 1.33 bits per heavy atom. The van der Waals surface area contributed by atoms with E-state index < -0.39 is 41.1 Å². The second-order valence-electron chi connectivity index (χ2n) is 9.65. The summed E-state index contributed by atoms with van der Waals surface area (Å²) in [6, 6.07) is 0. The van der Waals surface area contributed by atoms with E-state index in [0.717, 1.165) is 0 Å². The molecule has 0 aromatic rings. The third-order valence-corrected chi connectivity index (χ3v) is 8.63.